The average molecular weight is 2000 g/mol. The van der Waals surface area contributed by atoms with E-state index in [1.807, 2.05) is 166 Å². The number of amides is 4. The van der Waals surface area contributed by atoms with Crippen molar-refractivity contribution in [1.29, 1.82) is 0 Å². The molecule has 19 rings (SSSR count). The number of fused-ring (bicyclic) bond motifs is 4. The number of ether oxygens (including phenoxy) is 1. The maximum Gasteiger partial charge on any atom is 0.434 e. The Kier molecular flexibility index (Phi) is 28.9. The van der Waals surface area contributed by atoms with E-state index in [0.717, 1.165) is 50.7 Å². The zero-order valence-corrected chi connectivity index (χ0v) is 82.2. The number of carbonyl (C=O) groups is 5. The number of rotatable bonds is 26. The van der Waals surface area contributed by atoms with Gasteiger partial charge in [-0.2, -0.15) is 38.7 Å². The van der Waals surface area contributed by atoms with Crippen molar-refractivity contribution in [2.75, 3.05) is 55.7 Å². The summed E-state index contributed by atoms with van der Waals surface area (Å²) in [6.45, 7) is 25.3. The van der Waals surface area contributed by atoms with Crippen molar-refractivity contribution in [3.63, 3.8) is 0 Å². The maximum absolute atomic E-state index is 14.1. The molecule has 0 radical (unpaired) electrons. The van der Waals surface area contributed by atoms with Crippen molar-refractivity contribution in [2.45, 2.75) is 118 Å². The van der Waals surface area contributed by atoms with Gasteiger partial charge in [-0.3, -0.25) is 24.0 Å². The van der Waals surface area contributed by atoms with Crippen molar-refractivity contribution in [1.82, 2.24) is 125 Å². The van der Waals surface area contributed by atoms with Crippen LogP contribution in [0.3, 0.4) is 0 Å². The zero-order valence-electron chi connectivity index (χ0n) is 81.4. The monoisotopic (exact) mass is 1990 g/mol. The van der Waals surface area contributed by atoms with Crippen molar-refractivity contribution in [3.8, 4) is 79.2 Å². The first-order valence-corrected chi connectivity index (χ1v) is 46.1. The number of carbonyl (C=O) groups excluding carboxylic acids is 5. The number of anilines is 4. The van der Waals surface area contributed by atoms with E-state index in [2.05, 4.69) is 81.4 Å². The highest BCUT2D eigenvalue weighted by Gasteiger charge is 2.42. The second kappa shape index (κ2) is 41.7. The summed E-state index contributed by atoms with van der Waals surface area (Å²) in [5.74, 6) is 0.298. The van der Waals surface area contributed by atoms with Gasteiger partial charge in [-0.05, 0) is 175 Å². The smallest absolute Gasteiger partial charge is 0.434 e. The molecule has 0 aliphatic carbocycles. The van der Waals surface area contributed by atoms with Gasteiger partial charge in [0, 0.05) is 70.6 Å². The van der Waals surface area contributed by atoms with Gasteiger partial charge >= 0.3 is 6.18 Å². The van der Waals surface area contributed by atoms with E-state index >= 15 is 0 Å². The number of nitrogens with two attached hydrogens (primary N) is 4. The molecule has 19 aromatic rings. The summed E-state index contributed by atoms with van der Waals surface area (Å²) in [6.07, 6.45) is 4.40. The lowest BCUT2D eigenvalue weighted by Gasteiger charge is -2.26. The topological polar surface area (TPSA) is 504 Å². The van der Waals surface area contributed by atoms with E-state index in [1.54, 1.807) is 87.2 Å². The van der Waals surface area contributed by atoms with Crippen LogP contribution in [0.4, 0.5) is 40.8 Å². The molecule has 37 nitrogen and oxygen atoms in total. The number of aromatic nitrogens is 21. The Bertz CT molecular complexity index is 8040. The second-order valence-electron chi connectivity index (χ2n) is 36.9. The van der Waals surface area contributed by atoms with Gasteiger partial charge in [0.05, 0.1) is 73.1 Å². The average Bonchev–Trinajstić information content (AvgIpc) is 1.61. The van der Waals surface area contributed by atoms with Crippen molar-refractivity contribution < 1.29 is 55.2 Å². The highest BCUT2D eigenvalue weighted by atomic mass is 35.5. The molecule has 146 heavy (non-hydrogen) atoms. The third-order valence-electron chi connectivity index (χ3n) is 23.8. The first-order valence-electron chi connectivity index (χ1n) is 45.7. The number of ketones is 1. The van der Waals surface area contributed by atoms with Crippen LogP contribution < -0.4 is 48.9 Å². The van der Waals surface area contributed by atoms with Gasteiger partial charge in [0.1, 0.15) is 94.9 Å². The van der Waals surface area contributed by atoms with E-state index in [1.165, 1.54) is 87.3 Å². The summed E-state index contributed by atoms with van der Waals surface area (Å²) >= 11 is 5.96. The van der Waals surface area contributed by atoms with Gasteiger partial charge in [0.15, 0.2) is 52.1 Å². The van der Waals surface area contributed by atoms with Gasteiger partial charge in [-0.1, -0.05) is 142 Å². The molecule has 42 heteroatoms. The van der Waals surface area contributed by atoms with Crippen LogP contribution in [0.25, 0.3) is 118 Å². The van der Waals surface area contributed by atoms with Crippen molar-refractivity contribution in [2.24, 2.45) is 0 Å². The van der Waals surface area contributed by atoms with Crippen LogP contribution in [0.5, 0.6) is 5.75 Å². The number of benzene rings is 7. The van der Waals surface area contributed by atoms with Crippen LogP contribution in [-0.4, -0.2) is 166 Å². The fourth-order valence-corrected chi connectivity index (χ4v) is 16.0. The van der Waals surface area contributed by atoms with Crippen molar-refractivity contribution in [3.05, 3.63) is 300 Å². The van der Waals surface area contributed by atoms with Crippen LogP contribution in [0.2, 0.25) is 5.02 Å². The molecule has 0 atom stereocenters. The maximum atomic E-state index is 14.1. The molecule has 12 N–H and O–H groups in total. The van der Waals surface area contributed by atoms with Gasteiger partial charge in [0.25, 0.3) is 23.6 Å². The third kappa shape index (κ3) is 22.2. The second-order valence-corrected chi connectivity index (χ2v) is 37.4. The third-order valence-corrected chi connectivity index (χ3v) is 24.1. The molecule has 0 fully saturated rings. The summed E-state index contributed by atoms with van der Waals surface area (Å²) < 4.78 is 79.2. The molecule has 7 aromatic carbocycles. The molecular formula is C104H100ClF4N29O8. The van der Waals surface area contributed by atoms with Gasteiger partial charge < -0.3 is 57.9 Å². The van der Waals surface area contributed by atoms with E-state index < -0.39 is 45.5 Å². The number of Topliss-reactive ketones (excluding diaryl/α,β-unsaturated/α-hetero) is 1. The molecule has 0 saturated carbocycles. The van der Waals surface area contributed by atoms with Crippen LogP contribution in [0.1, 0.15) is 132 Å². The van der Waals surface area contributed by atoms with E-state index in [0.29, 0.717) is 123 Å². The highest BCUT2D eigenvalue weighted by Crippen LogP contribution is 2.41. The fourth-order valence-electron chi connectivity index (χ4n) is 15.8. The number of hydrogen-bond donors (Lipinski definition) is 8. The summed E-state index contributed by atoms with van der Waals surface area (Å²) in [7, 11) is 0. The largest absolute Gasteiger partial charge is 0.484 e. The molecule has 0 unspecified atom stereocenters. The summed E-state index contributed by atoms with van der Waals surface area (Å²) in [4.78, 5) is 105. The normalized spacial score (nSPS) is 11.7. The standard InChI is InChI=1S/C27H24ClF3N8O.C27H25FN8O.C26H28N6O3.C24H23N7O3/c1-15-7-9-16(10-8-15)21-20-23(32)34-14-35-24(20)39(37-21)26(2,3)13-33-25(40)19-12-36-38(22(19)27(29,30)31)18-6-4-5-17(28)11-18;1-16-4-6-18(7-5-16)23-22-24(29)33-15-34-25(22)36(35-23)27(2,3)13-30-26(37)21-12-20(31-14-32-21)17-8-10-19(28)11-9-17;1-16-5-7-19(8-6-16)23-22-24(27)29-15-30-25(22)32(31-23)26(3,4)14-28-21(34)13-35-20-11-9-18(10-12-20)17(2)33;1-14-6-8-15(9-7-14)20-19-21(25)27-13-28-22(19)31(29-20)24(2,3)12-26-23(32)16-11-18(34-30-16)17-5-4-10-33-17/h4-12,14H,13H2,1-3H3,(H,33,40)(H2,32,34,35);4-12,14-15H,13H2,1-3H3,(H,30,37)(H2,29,33,34);5-12,15H,13-14H2,1-4H3,(H,28,34)(H2,27,29,30);4-11,13H,12H2,1-3H3,(H,26,32)(H2,25,27,28). The number of furan rings is 1. The van der Waals surface area contributed by atoms with Gasteiger partial charge in [0.2, 0.25) is 5.76 Å². The summed E-state index contributed by atoms with van der Waals surface area (Å²) in [6, 6.07) is 56.6. The fraction of sp³-hybridized carbons (Fsp3) is 0.221. The molecule has 0 aliphatic rings. The zero-order chi connectivity index (χ0) is 104. The predicted octanol–water partition coefficient (Wildman–Crippen LogP) is 16.9. The number of hydrogen-bond acceptors (Lipinski definition) is 28. The Morgan fingerprint density at radius 2 is 0.815 bits per heavy atom. The molecule has 0 spiro atoms. The highest BCUT2D eigenvalue weighted by molar-refractivity contribution is 6.30. The van der Waals surface area contributed by atoms with Crippen LogP contribution >= 0.6 is 11.6 Å². The quantitative estimate of drug-likeness (QED) is 0.0184. The molecule has 744 valence electrons. The minimum Gasteiger partial charge on any atom is -0.484 e. The van der Waals surface area contributed by atoms with Gasteiger partial charge in [-0.15, -0.1) is 0 Å². The summed E-state index contributed by atoms with van der Waals surface area (Å²) in [5.41, 5.74) is 35.1. The number of halogens is 5. The predicted molar refractivity (Wildman–Crippen MR) is 544 cm³/mol. The first kappa shape index (κ1) is 101. The Balaban J connectivity index is 0.000000139. The number of nitrogen functional groups attached to an aromatic ring is 4. The van der Waals surface area contributed by atoms with Crippen molar-refractivity contribution >= 4 is 108 Å². The number of aryl methyl sites for hydroxylation is 4. The minimum atomic E-state index is -4.86. The lowest BCUT2D eigenvalue weighted by atomic mass is 10.1. The van der Waals surface area contributed by atoms with E-state index in [-0.39, 0.29) is 90.0 Å². The van der Waals surface area contributed by atoms with Crippen LogP contribution in [-0.2, 0) is 33.1 Å². The number of nitrogens with zero attached hydrogens (tertiary/aromatic N) is 21. The van der Waals surface area contributed by atoms with Gasteiger partial charge in [-0.25, -0.2) is 77.6 Å². The lowest BCUT2D eigenvalue weighted by Crippen LogP contribution is -2.43. The van der Waals surface area contributed by atoms with E-state index in [9.17, 15) is 41.5 Å². The number of nitrogens with one attached hydrogen (secondary N) is 4. The van der Waals surface area contributed by atoms with Crippen LogP contribution in [0.15, 0.2) is 247 Å². The summed E-state index contributed by atoms with van der Waals surface area (Å²) in [5, 5.41) is 41.1. The van der Waals surface area contributed by atoms with E-state index in [4.69, 9.17) is 68.6 Å². The molecular weight excluding hydrogens is 1890 g/mol. The lowest BCUT2D eigenvalue weighted by molar-refractivity contribution is -0.143. The molecule has 0 bridgehead atoms. The SMILES string of the molecule is CC(=O)c1ccc(OCC(=O)NCC(C)(C)n2nc(-c3ccc(C)cc3)c3c(N)ncnc32)cc1.Cc1ccc(-c2nn(C(C)(C)CNC(=O)c3cc(-c4ccc(F)cc4)ncn3)c3ncnc(N)c23)cc1.Cc1ccc(-c2nn(C(C)(C)CNC(=O)c3cc(-c4ccco4)on3)c3ncnc(N)c23)cc1.Cc1ccc(-c2nn(C(C)(C)CNC(=O)c3cnn(-c4cccc(Cl)c4)c3C(F)(F)F)c3ncnc(N)c23)cc1. The Morgan fingerprint density at radius 3 is 1.21 bits per heavy atom. The Hall–Kier alpha value is -17.9. The molecule has 0 aliphatic heterocycles. The molecule has 12 heterocycles. The van der Waals surface area contributed by atoms with Crippen LogP contribution in [0, 0.1) is 33.5 Å². The molecule has 4 amide bonds. The number of alkyl halides is 3. The first-order chi connectivity index (χ1) is 69.6. The Labute approximate surface area is 837 Å². The molecule has 0 saturated heterocycles. The minimum absolute atomic E-state index is 0.0276. The Morgan fingerprint density at radius 1 is 0.425 bits per heavy atom. The molecule has 12 aromatic heterocycles.